The van der Waals surface area contributed by atoms with Crippen molar-refractivity contribution in [1.82, 2.24) is 0 Å². The van der Waals surface area contributed by atoms with Gasteiger partial charge in [-0.2, -0.15) is 0 Å². The molecule has 1 aromatic carbocycles. The van der Waals surface area contributed by atoms with Crippen LogP contribution in [0.1, 0.15) is 66.4 Å². The lowest BCUT2D eigenvalue weighted by Gasteiger charge is -2.36. The molecule has 0 bridgehead atoms. The smallest absolute Gasteiger partial charge is 0.119 e. The molecule has 1 rings (SSSR count). The Morgan fingerprint density at radius 1 is 0.947 bits per heavy atom. The van der Waals surface area contributed by atoms with Gasteiger partial charge in [0, 0.05) is 0 Å². The third kappa shape index (κ3) is 5.26. The fourth-order valence-corrected chi connectivity index (χ4v) is 2.50. The lowest BCUT2D eigenvalue weighted by molar-refractivity contribution is 0.229. The van der Waals surface area contributed by atoms with E-state index in [-0.39, 0.29) is 5.41 Å². The highest BCUT2D eigenvalue weighted by Crippen LogP contribution is 2.43. The molecule has 1 nitrogen and oxygen atoms in total. The van der Waals surface area contributed by atoms with Crippen molar-refractivity contribution in [3.05, 3.63) is 29.8 Å². The highest BCUT2D eigenvalue weighted by atomic mass is 16.5. The lowest BCUT2D eigenvalue weighted by atomic mass is 9.69. The summed E-state index contributed by atoms with van der Waals surface area (Å²) in [7, 11) is 0. The van der Waals surface area contributed by atoms with Gasteiger partial charge in [-0.3, -0.25) is 0 Å². The van der Waals surface area contributed by atoms with E-state index in [2.05, 4.69) is 65.8 Å². The minimum Gasteiger partial charge on any atom is -0.494 e. The van der Waals surface area contributed by atoms with Gasteiger partial charge in [-0.25, -0.2) is 0 Å². The van der Waals surface area contributed by atoms with Gasteiger partial charge in [0.25, 0.3) is 0 Å². The Hall–Kier alpha value is -0.980. The quantitative estimate of drug-likeness (QED) is 0.681. The van der Waals surface area contributed by atoms with Crippen LogP contribution in [0.15, 0.2) is 24.3 Å². The molecule has 0 saturated carbocycles. The van der Waals surface area contributed by atoms with E-state index in [0.717, 1.165) is 12.4 Å². The van der Waals surface area contributed by atoms with Crippen LogP contribution in [-0.2, 0) is 0 Å². The molecule has 0 N–H and O–H groups in total. The molecule has 19 heavy (non-hydrogen) atoms. The van der Waals surface area contributed by atoms with E-state index in [0.29, 0.717) is 11.3 Å². The molecule has 0 saturated heterocycles. The Balaban J connectivity index is 2.98. The molecule has 1 atom stereocenters. The second-order valence-corrected chi connectivity index (χ2v) is 7.69. The zero-order valence-corrected chi connectivity index (χ0v) is 13.7. The van der Waals surface area contributed by atoms with Gasteiger partial charge in [0.15, 0.2) is 0 Å². The number of rotatable bonds is 4. The zero-order chi connectivity index (χ0) is 14.7. The fraction of sp³-hybridized carbons (Fsp3) is 0.667. The van der Waals surface area contributed by atoms with Gasteiger partial charge < -0.3 is 4.74 Å². The van der Waals surface area contributed by atoms with Crippen LogP contribution in [0.4, 0.5) is 0 Å². The standard InChI is InChI=1S/C18H30O/c1-8-19-15-11-9-14(10-12-15)16(18(5,6)7)13-17(2,3)4/h9-12,16H,8,13H2,1-7H3. The molecule has 0 amide bonds. The number of hydrogen-bond acceptors (Lipinski definition) is 1. The molecule has 1 heteroatoms. The molecule has 0 radical (unpaired) electrons. The van der Waals surface area contributed by atoms with Gasteiger partial charge in [-0.1, -0.05) is 53.7 Å². The third-order valence-electron chi connectivity index (χ3n) is 3.46. The van der Waals surface area contributed by atoms with Crippen molar-refractivity contribution in [2.45, 2.75) is 60.8 Å². The average Bonchev–Trinajstić information content (AvgIpc) is 2.25. The van der Waals surface area contributed by atoms with Crippen molar-refractivity contribution in [1.29, 1.82) is 0 Å². The molecular weight excluding hydrogens is 232 g/mol. The van der Waals surface area contributed by atoms with Crippen LogP contribution in [0.25, 0.3) is 0 Å². The maximum Gasteiger partial charge on any atom is 0.119 e. The third-order valence-corrected chi connectivity index (χ3v) is 3.46. The number of ether oxygens (including phenoxy) is 1. The minimum absolute atomic E-state index is 0.278. The summed E-state index contributed by atoms with van der Waals surface area (Å²) >= 11 is 0. The van der Waals surface area contributed by atoms with Crippen LogP contribution in [0.3, 0.4) is 0 Å². The molecule has 1 aromatic rings. The molecule has 0 aliphatic carbocycles. The topological polar surface area (TPSA) is 9.23 Å². The maximum atomic E-state index is 5.53. The first-order valence-corrected chi connectivity index (χ1v) is 7.36. The summed E-state index contributed by atoms with van der Waals surface area (Å²) in [5.41, 5.74) is 2.04. The average molecular weight is 262 g/mol. The van der Waals surface area contributed by atoms with E-state index in [1.54, 1.807) is 0 Å². The largest absolute Gasteiger partial charge is 0.494 e. The van der Waals surface area contributed by atoms with Gasteiger partial charge in [-0.15, -0.1) is 0 Å². The monoisotopic (exact) mass is 262 g/mol. The first-order valence-electron chi connectivity index (χ1n) is 7.36. The summed E-state index contributed by atoms with van der Waals surface area (Å²) in [5, 5.41) is 0. The highest BCUT2D eigenvalue weighted by molar-refractivity contribution is 5.30. The van der Waals surface area contributed by atoms with Crippen LogP contribution in [0.2, 0.25) is 0 Å². The van der Waals surface area contributed by atoms with E-state index >= 15 is 0 Å². The molecule has 1 unspecified atom stereocenters. The molecule has 0 fully saturated rings. The summed E-state index contributed by atoms with van der Waals surface area (Å²) in [6.07, 6.45) is 1.20. The van der Waals surface area contributed by atoms with Crippen LogP contribution >= 0.6 is 0 Å². The number of benzene rings is 1. The Morgan fingerprint density at radius 3 is 1.84 bits per heavy atom. The predicted octanol–water partition coefficient (Wildman–Crippen LogP) is 5.65. The van der Waals surface area contributed by atoms with E-state index in [1.165, 1.54) is 12.0 Å². The SMILES string of the molecule is CCOc1ccc(C(CC(C)(C)C)C(C)(C)C)cc1. The van der Waals surface area contributed by atoms with Gasteiger partial charge in [0.05, 0.1) is 6.61 Å². The minimum atomic E-state index is 0.278. The molecule has 0 spiro atoms. The molecule has 0 aliphatic heterocycles. The predicted molar refractivity (Wildman–Crippen MR) is 83.9 cm³/mol. The van der Waals surface area contributed by atoms with Crippen molar-refractivity contribution < 1.29 is 4.74 Å². The van der Waals surface area contributed by atoms with Gasteiger partial charge in [0.2, 0.25) is 0 Å². The second-order valence-electron chi connectivity index (χ2n) is 7.69. The lowest BCUT2D eigenvalue weighted by Crippen LogP contribution is -2.23. The van der Waals surface area contributed by atoms with Crippen LogP contribution in [0.5, 0.6) is 5.75 Å². The number of hydrogen-bond donors (Lipinski definition) is 0. The summed E-state index contributed by atoms with van der Waals surface area (Å²) in [5.74, 6) is 1.54. The Kier molecular flexibility index (Phi) is 5.06. The second kappa shape index (κ2) is 5.98. The van der Waals surface area contributed by atoms with Gasteiger partial charge in [0.1, 0.15) is 5.75 Å². The van der Waals surface area contributed by atoms with Crippen molar-refractivity contribution in [3.63, 3.8) is 0 Å². The van der Waals surface area contributed by atoms with E-state index in [1.807, 2.05) is 6.92 Å². The van der Waals surface area contributed by atoms with Crippen LogP contribution < -0.4 is 4.74 Å². The van der Waals surface area contributed by atoms with E-state index in [9.17, 15) is 0 Å². The summed E-state index contributed by atoms with van der Waals surface area (Å²) < 4.78 is 5.53. The maximum absolute atomic E-state index is 5.53. The first kappa shape index (κ1) is 16.1. The van der Waals surface area contributed by atoms with E-state index < -0.39 is 0 Å². The van der Waals surface area contributed by atoms with Crippen molar-refractivity contribution in [3.8, 4) is 5.75 Å². The molecule has 0 heterocycles. The van der Waals surface area contributed by atoms with Crippen molar-refractivity contribution in [2.75, 3.05) is 6.61 Å². The fourth-order valence-electron chi connectivity index (χ4n) is 2.50. The first-order chi connectivity index (χ1) is 8.63. The Bertz CT molecular complexity index is 376. The van der Waals surface area contributed by atoms with Crippen LogP contribution in [0, 0.1) is 10.8 Å². The van der Waals surface area contributed by atoms with Crippen LogP contribution in [-0.4, -0.2) is 6.61 Å². The van der Waals surface area contributed by atoms with Gasteiger partial charge >= 0.3 is 0 Å². The van der Waals surface area contributed by atoms with E-state index in [4.69, 9.17) is 4.74 Å². The Labute approximate surface area is 119 Å². The molecule has 0 aromatic heterocycles. The summed E-state index contributed by atoms with van der Waals surface area (Å²) in [6.45, 7) is 16.7. The highest BCUT2D eigenvalue weighted by Gasteiger charge is 2.30. The molecule has 0 aliphatic rings. The van der Waals surface area contributed by atoms with Crippen molar-refractivity contribution in [2.24, 2.45) is 10.8 Å². The molecule has 108 valence electrons. The molecular formula is C18H30O. The summed E-state index contributed by atoms with van der Waals surface area (Å²) in [4.78, 5) is 0. The Morgan fingerprint density at radius 2 is 1.47 bits per heavy atom. The van der Waals surface area contributed by atoms with Crippen molar-refractivity contribution >= 4 is 0 Å². The zero-order valence-electron chi connectivity index (χ0n) is 13.7. The normalized spacial score (nSPS) is 14.3. The summed E-state index contributed by atoms with van der Waals surface area (Å²) in [6, 6.07) is 8.65. The van der Waals surface area contributed by atoms with Gasteiger partial charge in [-0.05, 0) is 47.8 Å².